The summed E-state index contributed by atoms with van der Waals surface area (Å²) in [4.78, 5) is 0. The monoisotopic (exact) mass is 126 g/mol. The van der Waals surface area contributed by atoms with Crippen molar-refractivity contribution >= 4 is 0 Å². The Morgan fingerprint density at radius 2 is 1.67 bits per heavy atom. The van der Waals surface area contributed by atoms with Crippen LogP contribution in [0, 0.1) is 11.3 Å². The summed E-state index contributed by atoms with van der Waals surface area (Å²) in [5.74, 6) is 0.683. The first-order chi connectivity index (χ1) is 3.98. The molecule has 0 aromatic carbocycles. The molecular formula is C9H18. The minimum atomic E-state index is 0.423. The molecule has 0 saturated carbocycles. The lowest BCUT2D eigenvalue weighted by atomic mass is 9.82. The van der Waals surface area contributed by atoms with Crippen molar-refractivity contribution in [2.45, 2.75) is 34.6 Å². The lowest BCUT2D eigenvalue weighted by molar-refractivity contribution is 0.314. The number of allylic oxidation sites excluding steroid dienone is 2. The molecule has 0 amide bonds. The molecule has 0 radical (unpaired) electrons. The SMILES string of the molecule is CC=CC(C)C(C)(C)C. The molecule has 1 unspecified atom stereocenters. The van der Waals surface area contributed by atoms with Gasteiger partial charge in [-0.25, -0.2) is 0 Å². The van der Waals surface area contributed by atoms with Crippen LogP contribution in [-0.4, -0.2) is 0 Å². The third-order valence-corrected chi connectivity index (χ3v) is 1.85. The van der Waals surface area contributed by atoms with Crippen LogP contribution in [0.25, 0.3) is 0 Å². The van der Waals surface area contributed by atoms with Crippen LogP contribution < -0.4 is 0 Å². The van der Waals surface area contributed by atoms with Crippen LogP contribution in [0.15, 0.2) is 12.2 Å². The molecule has 0 saturated heterocycles. The molecule has 0 bridgehead atoms. The minimum Gasteiger partial charge on any atom is -0.0914 e. The van der Waals surface area contributed by atoms with Gasteiger partial charge in [0.15, 0.2) is 0 Å². The normalized spacial score (nSPS) is 16.6. The maximum Gasteiger partial charge on any atom is -0.0213 e. The van der Waals surface area contributed by atoms with Crippen LogP contribution in [0.1, 0.15) is 34.6 Å². The predicted molar refractivity (Wildman–Crippen MR) is 43.4 cm³/mol. The van der Waals surface area contributed by atoms with Gasteiger partial charge >= 0.3 is 0 Å². The third-order valence-electron chi connectivity index (χ3n) is 1.85. The average molecular weight is 126 g/mol. The molecule has 0 heteroatoms. The summed E-state index contributed by atoms with van der Waals surface area (Å²) in [6.07, 6.45) is 4.37. The first-order valence-electron chi connectivity index (χ1n) is 3.61. The van der Waals surface area contributed by atoms with Crippen molar-refractivity contribution < 1.29 is 0 Å². The first-order valence-corrected chi connectivity index (χ1v) is 3.61. The maximum absolute atomic E-state index is 2.26. The third kappa shape index (κ3) is 3.34. The Labute approximate surface area is 59.0 Å². The maximum atomic E-state index is 2.26. The molecule has 0 aromatic heterocycles. The molecule has 0 aliphatic carbocycles. The van der Waals surface area contributed by atoms with Crippen molar-refractivity contribution in [2.24, 2.45) is 11.3 Å². The molecule has 54 valence electrons. The molecule has 9 heavy (non-hydrogen) atoms. The quantitative estimate of drug-likeness (QED) is 0.473. The van der Waals surface area contributed by atoms with Crippen molar-refractivity contribution in [3.8, 4) is 0 Å². The number of hydrogen-bond acceptors (Lipinski definition) is 0. The smallest absolute Gasteiger partial charge is 0.0213 e. The van der Waals surface area contributed by atoms with E-state index in [0.29, 0.717) is 11.3 Å². The second-order valence-electron chi connectivity index (χ2n) is 3.68. The fourth-order valence-corrected chi connectivity index (χ4v) is 0.577. The number of rotatable bonds is 1. The average Bonchev–Trinajstić information content (AvgIpc) is 1.64. The molecule has 0 fully saturated rings. The Kier molecular flexibility index (Phi) is 2.96. The fraction of sp³-hybridized carbons (Fsp3) is 0.778. The van der Waals surface area contributed by atoms with Gasteiger partial charge in [-0.2, -0.15) is 0 Å². The van der Waals surface area contributed by atoms with Crippen LogP contribution in [0.2, 0.25) is 0 Å². The van der Waals surface area contributed by atoms with E-state index >= 15 is 0 Å². The zero-order valence-corrected chi connectivity index (χ0v) is 7.23. The summed E-state index contributed by atoms with van der Waals surface area (Å²) in [5, 5.41) is 0. The van der Waals surface area contributed by atoms with E-state index in [-0.39, 0.29) is 0 Å². The molecule has 0 heterocycles. The molecule has 0 nitrogen and oxygen atoms in total. The van der Waals surface area contributed by atoms with E-state index < -0.39 is 0 Å². The van der Waals surface area contributed by atoms with Gasteiger partial charge in [-0.1, -0.05) is 39.8 Å². The highest BCUT2D eigenvalue weighted by Gasteiger charge is 2.15. The summed E-state index contributed by atoms with van der Waals surface area (Å²) in [6.45, 7) is 11.1. The Bertz CT molecular complexity index is 93.1. The van der Waals surface area contributed by atoms with Gasteiger partial charge in [-0.15, -0.1) is 0 Å². The van der Waals surface area contributed by atoms with Crippen LogP contribution in [0.4, 0.5) is 0 Å². The van der Waals surface area contributed by atoms with Gasteiger partial charge in [0.1, 0.15) is 0 Å². The highest BCUT2D eigenvalue weighted by Crippen LogP contribution is 2.25. The second-order valence-corrected chi connectivity index (χ2v) is 3.68. The molecule has 0 aliphatic heterocycles. The zero-order valence-electron chi connectivity index (χ0n) is 7.23. The molecule has 0 spiro atoms. The Morgan fingerprint density at radius 3 is 1.78 bits per heavy atom. The van der Waals surface area contributed by atoms with Crippen molar-refractivity contribution in [1.82, 2.24) is 0 Å². The van der Waals surface area contributed by atoms with Gasteiger partial charge in [-0.3, -0.25) is 0 Å². The molecule has 0 rings (SSSR count). The van der Waals surface area contributed by atoms with Gasteiger partial charge in [0.2, 0.25) is 0 Å². The highest BCUT2D eigenvalue weighted by atomic mass is 14.2. The van der Waals surface area contributed by atoms with E-state index in [1.165, 1.54) is 0 Å². The summed E-state index contributed by atoms with van der Waals surface area (Å²) in [6, 6.07) is 0. The van der Waals surface area contributed by atoms with Crippen LogP contribution in [0.5, 0.6) is 0 Å². The van der Waals surface area contributed by atoms with Gasteiger partial charge < -0.3 is 0 Å². The van der Waals surface area contributed by atoms with Crippen LogP contribution in [-0.2, 0) is 0 Å². The van der Waals surface area contributed by atoms with Crippen molar-refractivity contribution in [3.05, 3.63) is 12.2 Å². The van der Waals surface area contributed by atoms with E-state index in [4.69, 9.17) is 0 Å². The van der Waals surface area contributed by atoms with Gasteiger partial charge in [-0.05, 0) is 18.3 Å². The highest BCUT2D eigenvalue weighted by molar-refractivity contribution is 4.89. The van der Waals surface area contributed by atoms with E-state index in [2.05, 4.69) is 46.8 Å². The summed E-state index contributed by atoms with van der Waals surface area (Å²) < 4.78 is 0. The lowest BCUT2D eigenvalue weighted by Gasteiger charge is -2.23. The van der Waals surface area contributed by atoms with E-state index in [9.17, 15) is 0 Å². The summed E-state index contributed by atoms with van der Waals surface area (Å²) >= 11 is 0. The zero-order chi connectivity index (χ0) is 7.49. The van der Waals surface area contributed by atoms with E-state index in [0.717, 1.165) is 0 Å². The molecule has 0 aromatic rings. The van der Waals surface area contributed by atoms with Crippen LogP contribution >= 0.6 is 0 Å². The topological polar surface area (TPSA) is 0 Å². The van der Waals surface area contributed by atoms with E-state index in [1.807, 2.05) is 0 Å². The summed E-state index contributed by atoms with van der Waals surface area (Å²) in [5.41, 5.74) is 0.423. The van der Waals surface area contributed by atoms with Crippen molar-refractivity contribution in [1.29, 1.82) is 0 Å². The molecular weight excluding hydrogens is 108 g/mol. The largest absolute Gasteiger partial charge is 0.0914 e. The Morgan fingerprint density at radius 1 is 1.22 bits per heavy atom. The van der Waals surface area contributed by atoms with Crippen LogP contribution in [0.3, 0.4) is 0 Å². The molecule has 0 aliphatic rings. The Balaban J connectivity index is 3.88. The molecule has 0 N–H and O–H groups in total. The number of hydrogen-bond donors (Lipinski definition) is 0. The van der Waals surface area contributed by atoms with Crippen molar-refractivity contribution in [3.63, 3.8) is 0 Å². The standard InChI is InChI=1S/C9H18/c1-6-7-8(2)9(3,4)5/h6-8H,1-5H3. The predicted octanol–water partition coefficient (Wildman–Crippen LogP) is 3.24. The van der Waals surface area contributed by atoms with Gasteiger partial charge in [0.25, 0.3) is 0 Å². The second kappa shape index (κ2) is 3.05. The van der Waals surface area contributed by atoms with Crippen molar-refractivity contribution in [2.75, 3.05) is 0 Å². The van der Waals surface area contributed by atoms with Gasteiger partial charge in [0.05, 0.1) is 0 Å². The first kappa shape index (κ1) is 8.74. The summed E-state index contributed by atoms with van der Waals surface area (Å²) in [7, 11) is 0. The minimum absolute atomic E-state index is 0.423. The Hall–Kier alpha value is -0.260. The van der Waals surface area contributed by atoms with E-state index in [1.54, 1.807) is 0 Å². The molecule has 1 atom stereocenters. The van der Waals surface area contributed by atoms with Gasteiger partial charge in [0, 0.05) is 0 Å². The lowest BCUT2D eigenvalue weighted by Crippen LogP contribution is -2.14. The fourth-order valence-electron chi connectivity index (χ4n) is 0.577.